The third-order valence-electron chi connectivity index (χ3n) is 13.0. The van der Waals surface area contributed by atoms with Gasteiger partial charge >= 0.3 is 0 Å². The van der Waals surface area contributed by atoms with Gasteiger partial charge in [-0.25, -0.2) is 4.39 Å². The van der Waals surface area contributed by atoms with Crippen molar-refractivity contribution in [2.75, 3.05) is 48.4 Å². The minimum atomic E-state index is -1.09. The highest BCUT2D eigenvalue weighted by atomic mass is 35.5. The Morgan fingerprint density at radius 1 is 0.746 bits per heavy atom. The van der Waals surface area contributed by atoms with E-state index in [1.807, 2.05) is 35.2 Å². The highest BCUT2D eigenvalue weighted by Gasteiger charge is 2.46. The standard InChI is InChI=1S/C47H47ClFN5O5/c48-21-18-37(30-4-2-1-3-5-30)44(32-8-14-36(55)15-9-32)31-6-10-33(11-7-31)51-22-19-29(20-23-51)26-53-34-12-13-35(53)28-52(27-34)42-25-39-38(24-40(42)49)46(58)54(47(39)59)41-16-17-43(56)50-45(41)57/h1-11,14-15,24-25,29,34-35,41,55H,12-13,16-23,26-28H2,(H,50,56,57). The molecular formula is C47H47ClFN5O5. The molecule has 59 heavy (non-hydrogen) atoms. The molecule has 304 valence electrons. The molecule has 5 aliphatic heterocycles. The number of allylic oxidation sites excluding steroid dienone is 1. The first-order chi connectivity index (χ1) is 28.7. The van der Waals surface area contributed by atoms with Gasteiger partial charge in [0.05, 0.1) is 16.8 Å². The molecule has 5 heterocycles. The maximum atomic E-state index is 15.8. The zero-order valence-corrected chi connectivity index (χ0v) is 33.5. The number of hydrogen-bond acceptors (Lipinski definition) is 8. The van der Waals surface area contributed by atoms with Gasteiger partial charge in [0.2, 0.25) is 11.8 Å². The molecule has 4 aromatic carbocycles. The molecular weight excluding hydrogens is 769 g/mol. The maximum absolute atomic E-state index is 15.8. The molecule has 4 aromatic rings. The Morgan fingerprint density at radius 3 is 2.00 bits per heavy atom. The Hall–Kier alpha value is -5.52. The summed E-state index contributed by atoms with van der Waals surface area (Å²) in [5.74, 6) is -1.74. The van der Waals surface area contributed by atoms with Crippen molar-refractivity contribution in [3.05, 3.63) is 125 Å². The fourth-order valence-electron chi connectivity index (χ4n) is 10.0. The van der Waals surface area contributed by atoms with Gasteiger partial charge in [-0.3, -0.25) is 34.3 Å². The van der Waals surface area contributed by atoms with Crippen LogP contribution in [0.15, 0.2) is 91.0 Å². The fraction of sp³-hybridized carbons (Fsp3) is 0.362. The Morgan fingerprint density at radius 2 is 1.37 bits per heavy atom. The average Bonchev–Trinajstić information content (AvgIpc) is 3.61. The number of carbonyl (C=O) groups is 4. The smallest absolute Gasteiger partial charge is 0.262 e. The number of nitrogens with zero attached hydrogens (tertiary/aromatic N) is 4. The van der Waals surface area contributed by atoms with E-state index in [-0.39, 0.29) is 41.8 Å². The molecule has 9 rings (SSSR count). The van der Waals surface area contributed by atoms with Crippen molar-refractivity contribution in [3.63, 3.8) is 0 Å². The van der Waals surface area contributed by atoms with Crippen LogP contribution in [0.3, 0.4) is 0 Å². The molecule has 0 aliphatic carbocycles. The van der Waals surface area contributed by atoms with Gasteiger partial charge in [-0.15, -0.1) is 11.6 Å². The highest BCUT2D eigenvalue weighted by molar-refractivity contribution is 6.24. The number of carbonyl (C=O) groups excluding carboxylic acids is 4. The van der Waals surface area contributed by atoms with E-state index in [0.717, 1.165) is 84.1 Å². The van der Waals surface area contributed by atoms with E-state index in [2.05, 4.69) is 51.5 Å². The predicted octanol–water partition coefficient (Wildman–Crippen LogP) is 7.09. The van der Waals surface area contributed by atoms with Gasteiger partial charge < -0.3 is 14.9 Å². The first-order valence-electron chi connectivity index (χ1n) is 20.7. The number of amides is 4. The monoisotopic (exact) mass is 815 g/mol. The molecule has 0 spiro atoms. The lowest BCUT2D eigenvalue weighted by Crippen LogP contribution is -2.55. The lowest BCUT2D eigenvalue weighted by atomic mass is 9.88. The number of nitrogens with one attached hydrogen (secondary N) is 1. The second-order valence-electron chi connectivity index (χ2n) is 16.5. The van der Waals surface area contributed by atoms with Gasteiger partial charge in [0.25, 0.3) is 11.8 Å². The molecule has 3 unspecified atom stereocenters. The van der Waals surface area contributed by atoms with E-state index < -0.39 is 35.5 Å². The lowest BCUT2D eigenvalue weighted by molar-refractivity contribution is -0.136. The summed E-state index contributed by atoms with van der Waals surface area (Å²) < 4.78 is 15.8. The van der Waals surface area contributed by atoms with Crippen LogP contribution < -0.4 is 15.1 Å². The van der Waals surface area contributed by atoms with Crippen molar-refractivity contribution in [2.24, 2.45) is 5.92 Å². The number of phenolic OH excluding ortho intramolecular Hbond substituents is 1. The summed E-state index contributed by atoms with van der Waals surface area (Å²) in [6, 6.07) is 28.6. The number of aromatic hydroxyl groups is 1. The number of benzene rings is 4. The largest absolute Gasteiger partial charge is 0.508 e. The highest BCUT2D eigenvalue weighted by Crippen LogP contribution is 2.40. The molecule has 4 saturated heterocycles. The van der Waals surface area contributed by atoms with Gasteiger partial charge in [0, 0.05) is 62.8 Å². The summed E-state index contributed by atoms with van der Waals surface area (Å²) in [5.41, 5.74) is 7.09. The Bertz CT molecular complexity index is 2300. The van der Waals surface area contributed by atoms with Crippen molar-refractivity contribution >= 4 is 57.8 Å². The van der Waals surface area contributed by atoms with E-state index in [0.29, 0.717) is 37.0 Å². The summed E-state index contributed by atoms with van der Waals surface area (Å²) in [6.45, 7) is 4.19. The number of piperazine rings is 1. The number of imide groups is 2. The van der Waals surface area contributed by atoms with Gasteiger partial charge in [0.15, 0.2) is 0 Å². The zero-order valence-electron chi connectivity index (χ0n) is 32.8. The fourth-order valence-corrected chi connectivity index (χ4v) is 10.2. The molecule has 12 heteroatoms. The Balaban J connectivity index is 0.844. The minimum Gasteiger partial charge on any atom is -0.508 e. The van der Waals surface area contributed by atoms with Crippen molar-refractivity contribution in [3.8, 4) is 5.75 Å². The molecule has 0 aromatic heterocycles. The van der Waals surface area contributed by atoms with Crippen LogP contribution in [-0.4, -0.2) is 95.3 Å². The van der Waals surface area contributed by atoms with Gasteiger partial charge in [-0.1, -0.05) is 54.6 Å². The third kappa shape index (κ3) is 7.51. The number of piperidine rings is 2. The third-order valence-corrected chi connectivity index (χ3v) is 13.2. The first kappa shape index (κ1) is 39.0. The summed E-state index contributed by atoms with van der Waals surface area (Å²) in [4.78, 5) is 58.9. The van der Waals surface area contributed by atoms with Gasteiger partial charge in [0.1, 0.15) is 17.6 Å². The number of phenols is 1. The maximum Gasteiger partial charge on any atom is 0.262 e. The summed E-state index contributed by atoms with van der Waals surface area (Å²) in [5, 5.41) is 12.3. The lowest BCUT2D eigenvalue weighted by Gasteiger charge is -2.44. The predicted molar refractivity (Wildman–Crippen MR) is 226 cm³/mol. The van der Waals surface area contributed by atoms with Crippen LogP contribution in [0.2, 0.25) is 0 Å². The van der Waals surface area contributed by atoms with E-state index >= 15 is 4.39 Å². The zero-order chi connectivity index (χ0) is 40.8. The van der Waals surface area contributed by atoms with Crippen LogP contribution >= 0.6 is 11.6 Å². The summed E-state index contributed by atoms with van der Waals surface area (Å²) in [7, 11) is 0. The molecule has 4 amide bonds. The van der Waals surface area contributed by atoms with Gasteiger partial charge in [-0.05, 0) is 109 Å². The van der Waals surface area contributed by atoms with Gasteiger partial charge in [-0.2, -0.15) is 0 Å². The van der Waals surface area contributed by atoms with Crippen LogP contribution in [-0.2, 0) is 9.59 Å². The topological polar surface area (TPSA) is 114 Å². The summed E-state index contributed by atoms with van der Waals surface area (Å²) in [6.07, 6.45) is 4.98. The van der Waals surface area contributed by atoms with E-state index in [9.17, 15) is 24.3 Å². The molecule has 4 fully saturated rings. The second-order valence-corrected chi connectivity index (χ2v) is 16.8. The molecule has 3 atom stereocenters. The van der Waals surface area contributed by atoms with Crippen molar-refractivity contribution in [1.29, 1.82) is 0 Å². The van der Waals surface area contributed by atoms with Crippen LogP contribution in [0.5, 0.6) is 5.75 Å². The van der Waals surface area contributed by atoms with Crippen molar-refractivity contribution < 1.29 is 28.7 Å². The molecule has 0 radical (unpaired) electrons. The van der Waals surface area contributed by atoms with Crippen LogP contribution in [0.4, 0.5) is 15.8 Å². The van der Waals surface area contributed by atoms with E-state index in [1.54, 1.807) is 12.1 Å². The van der Waals surface area contributed by atoms with Crippen molar-refractivity contribution in [1.82, 2.24) is 15.1 Å². The number of halogens is 2. The molecule has 5 aliphatic rings. The van der Waals surface area contributed by atoms with Crippen molar-refractivity contribution in [2.45, 2.75) is 63.1 Å². The first-order valence-corrected chi connectivity index (χ1v) is 21.3. The molecule has 10 nitrogen and oxygen atoms in total. The SMILES string of the molecule is O=C1CCC(N2C(=O)c3cc(F)c(N4CC5CCC(C4)N5CC4CCN(c5ccc(C(=C(CCCl)c6ccccc6)c6ccc(O)cc6)cc5)CC4)cc3C2=O)C(=O)N1. The molecule has 2 N–H and O–H groups in total. The normalized spacial score (nSPS) is 22.8. The Kier molecular flexibility index (Phi) is 10.7. The van der Waals surface area contributed by atoms with E-state index in [4.69, 9.17) is 11.6 Å². The molecule has 0 saturated carbocycles. The number of hydrogen-bond donors (Lipinski definition) is 2. The number of rotatable bonds is 10. The second kappa shape index (κ2) is 16.3. The van der Waals surface area contributed by atoms with E-state index in [1.165, 1.54) is 11.8 Å². The molecule has 2 bridgehead atoms. The number of anilines is 2. The minimum absolute atomic E-state index is 0.0264. The van der Waals surface area contributed by atoms with Crippen LogP contribution in [0, 0.1) is 11.7 Å². The average molecular weight is 816 g/mol. The van der Waals surface area contributed by atoms with Crippen LogP contribution in [0.25, 0.3) is 11.1 Å². The van der Waals surface area contributed by atoms with Crippen LogP contribution in [0.1, 0.15) is 82.4 Å². The quantitative estimate of drug-likeness (QED) is 0.0992. The Labute approximate surface area is 348 Å². The number of alkyl halides is 1. The summed E-state index contributed by atoms with van der Waals surface area (Å²) >= 11 is 6.37. The number of fused-ring (bicyclic) bond motifs is 3.